The zero-order chi connectivity index (χ0) is 18.4. The zero-order valence-electron chi connectivity index (χ0n) is 16.0. The number of aliphatic imine (C=N–C) groups is 1. The molecule has 26 heavy (non-hydrogen) atoms. The van der Waals surface area contributed by atoms with Crippen molar-refractivity contribution in [2.45, 2.75) is 32.9 Å². The van der Waals surface area contributed by atoms with E-state index in [2.05, 4.69) is 46.4 Å². The summed E-state index contributed by atoms with van der Waals surface area (Å²) in [6.07, 6.45) is 2.07. The van der Waals surface area contributed by atoms with Gasteiger partial charge in [-0.2, -0.15) is 10.4 Å². The second-order valence-corrected chi connectivity index (χ2v) is 6.43. The molecule has 0 unspecified atom stereocenters. The van der Waals surface area contributed by atoms with Gasteiger partial charge in [0, 0.05) is 46.0 Å². The van der Waals surface area contributed by atoms with Crippen molar-refractivity contribution >= 4 is 29.9 Å². The average Bonchev–Trinajstić information content (AvgIpc) is 2.96. The normalized spacial score (nSPS) is 11.0. The fourth-order valence-corrected chi connectivity index (χ4v) is 2.76. The van der Waals surface area contributed by atoms with Crippen LogP contribution in [0.3, 0.4) is 0 Å². The van der Waals surface area contributed by atoms with Crippen molar-refractivity contribution in [2.24, 2.45) is 12.0 Å². The highest BCUT2D eigenvalue weighted by Gasteiger charge is 2.15. The van der Waals surface area contributed by atoms with E-state index in [-0.39, 0.29) is 24.0 Å². The van der Waals surface area contributed by atoms with E-state index in [9.17, 15) is 0 Å². The third-order valence-corrected chi connectivity index (χ3v) is 4.00. The molecule has 0 radical (unpaired) electrons. The highest BCUT2D eigenvalue weighted by molar-refractivity contribution is 14.0. The lowest BCUT2D eigenvalue weighted by Crippen LogP contribution is -2.38. The van der Waals surface area contributed by atoms with Crippen LogP contribution in [0, 0.1) is 11.3 Å². The molecule has 0 saturated carbocycles. The van der Waals surface area contributed by atoms with Gasteiger partial charge in [0.2, 0.25) is 0 Å². The van der Waals surface area contributed by atoms with Crippen LogP contribution in [0.25, 0.3) is 0 Å². The van der Waals surface area contributed by atoms with E-state index in [4.69, 9.17) is 5.26 Å². The lowest BCUT2D eigenvalue weighted by Gasteiger charge is -2.22. The first-order valence-electron chi connectivity index (χ1n) is 8.37. The van der Waals surface area contributed by atoms with Gasteiger partial charge in [-0.3, -0.25) is 9.67 Å². The van der Waals surface area contributed by atoms with Crippen molar-refractivity contribution in [3.63, 3.8) is 0 Å². The second-order valence-electron chi connectivity index (χ2n) is 6.43. The molecule has 0 aliphatic heterocycles. The Morgan fingerprint density at radius 3 is 2.54 bits per heavy atom. The van der Waals surface area contributed by atoms with Gasteiger partial charge in [0.15, 0.2) is 5.96 Å². The van der Waals surface area contributed by atoms with Crippen LogP contribution in [0.4, 0.5) is 0 Å². The molecule has 0 fully saturated rings. The topological polar surface area (TPSA) is 69.2 Å². The van der Waals surface area contributed by atoms with Crippen molar-refractivity contribution < 1.29 is 0 Å². The van der Waals surface area contributed by atoms with Gasteiger partial charge in [-0.15, -0.1) is 24.0 Å². The molecule has 2 rings (SSSR count). The average molecular weight is 466 g/mol. The van der Waals surface area contributed by atoms with Crippen molar-refractivity contribution in [2.75, 3.05) is 14.1 Å². The number of hydrogen-bond donors (Lipinski definition) is 1. The highest BCUT2D eigenvalue weighted by atomic mass is 127. The molecular weight excluding hydrogens is 439 g/mol. The highest BCUT2D eigenvalue weighted by Crippen LogP contribution is 2.18. The Labute approximate surface area is 172 Å². The first-order valence-corrected chi connectivity index (χ1v) is 8.37. The number of aromatic nitrogens is 2. The number of guanidine groups is 1. The number of hydrogen-bond acceptors (Lipinski definition) is 3. The maximum absolute atomic E-state index is 8.86. The molecule has 0 atom stereocenters. The molecule has 1 heterocycles. The smallest absolute Gasteiger partial charge is 0.193 e. The third kappa shape index (κ3) is 5.73. The Bertz CT molecular complexity index is 770. The molecule has 0 aliphatic rings. The molecule has 0 spiro atoms. The SMILES string of the molecule is CN=C(NCc1ccc(C#N)cc1)N(C)Cc1cn(C)nc1C(C)C.I. The molecular formula is C19H27IN6. The van der Waals surface area contributed by atoms with Gasteiger partial charge in [-0.05, 0) is 23.6 Å². The van der Waals surface area contributed by atoms with E-state index >= 15 is 0 Å². The summed E-state index contributed by atoms with van der Waals surface area (Å²) in [5.74, 6) is 1.21. The quantitative estimate of drug-likeness (QED) is 0.418. The lowest BCUT2D eigenvalue weighted by atomic mass is 10.1. The molecule has 140 valence electrons. The van der Waals surface area contributed by atoms with Crippen LogP contribution in [0.2, 0.25) is 0 Å². The van der Waals surface area contributed by atoms with Gasteiger partial charge in [0.25, 0.3) is 0 Å². The van der Waals surface area contributed by atoms with E-state index in [1.54, 1.807) is 7.05 Å². The summed E-state index contributed by atoms with van der Waals surface area (Å²) in [6.45, 7) is 5.72. The Hall–Kier alpha value is -2.08. The van der Waals surface area contributed by atoms with Crippen LogP contribution in [-0.2, 0) is 20.1 Å². The van der Waals surface area contributed by atoms with E-state index in [0.717, 1.165) is 23.8 Å². The minimum atomic E-state index is 0. The summed E-state index contributed by atoms with van der Waals surface area (Å²) in [5, 5.41) is 16.8. The van der Waals surface area contributed by atoms with E-state index < -0.39 is 0 Å². The van der Waals surface area contributed by atoms with Gasteiger partial charge < -0.3 is 10.2 Å². The van der Waals surface area contributed by atoms with Crippen LogP contribution in [0.1, 0.15) is 42.1 Å². The number of rotatable bonds is 5. The molecule has 1 aromatic carbocycles. The van der Waals surface area contributed by atoms with Crippen LogP contribution in [0.5, 0.6) is 0 Å². The summed E-state index contributed by atoms with van der Waals surface area (Å²) < 4.78 is 1.87. The van der Waals surface area contributed by atoms with Gasteiger partial charge in [0.1, 0.15) is 0 Å². The van der Waals surface area contributed by atoms with Gasteiger partial charge in [-0.1, -0.05) is 26.0 Å². The predicted octanol–water partition coefficient (Wildman–Crippen LogP) is 3.24. The van der Waals surface area contributed by atoms with Crippen molar-refractivity contribution in [3.05, 3.63) is 52.8 Å². The molecule has 1 N–H and O–H groups in total. The maximum atomic E-state index is 8.86. The molecule has 7 heteroatoms. The van der Waals surface area contributed by atoms with Crippen molar-refractivity contribution in [1.29, 1.82) is 5.26 Å². The zero-order valence-corrected chi connectivity index (χ0v) is 18.4. The number of nitriles is 1. The van der Waals surface area contributed by atoms with Crippen LogP contribution >= 0.6 is 24.0 Å². The van der Waals surface area contributed by atoms with E-state index in [1.807, 2.05) is 43.0 Å². The summed E-state index contributed by atoms with van der Waals surface area (Å²) in [6, 6.07) is 9.70. The first-order chi connectivity index (χ1) is 11.9. The molecule has 2 aromatic rings. The molecule has 0 aliphatic carbocycles. The Kier molecular flexibility index (Phi) is 8.58. The number of nitrogens with one attached hydrogen (secondary N) is 1. The van der Waals surface area contributed by atoms with Crippen LogP contribution in [-0.4, -0.2) is 34.7 Å². The van der Waals surface area contributed by atoms with E-state index in [1.165, 1.54) is 5.56 Å². The number of nitrogens with zero attached hydrogens (tertiary/aromatic N) is 5. The second kappa shape index (κ2) is 10.2. The molecule has 0 bridgehead atoms. The van der Waals surface area contributed by atoms with E-state index in [0.29, 0.717) is 18.0 Å². The summed E-state index contributed by atoms with van der Waals surface area (Å²) >= 11 is 0. The fraction of sp³-hybridized carbons (Fsp3) is 0.421. The Balaban J connectivity index is 0.00000338. The largest absolute Gasteiger partial charge is 0.352 e. The lowest BCUT2D eigenvalue weighted by molar-refractivity contribution is 0.473. The Morgan fingerprint density at radius 2 is 2.00 bits per heavy atom. The number of halogens is 1. The molecule has 6 nitrogen and oxygen atoms in total. The van der Waals surface area contributed by atoms with Crippen molar-refractivity contribution in [1.82, 2.24) is 20.0 Å². The van der Waals surface area contributed by atoms with Crippen LogP contribution in [0.15, 0.2) is 35.5 Å². The fourth-order valence-electron chi connectivity index (χ4n) is 2.76. The van der Waals surface area contributed by atoms with Gasteiger partial charge >= 0.3 is 0 Å². The Morgan fingerprint density at radius 1 is 1.35 bits per heavy atom. The molecule has 1 aromatic heterocycles. The van der Waals surface area contributed by atoms with Crippen molar-refractivity contribution in [3.8, 4) is 6.07 Å². The minimum absolute atomic E-state index is 0. The predicted molar refractivity (Wildman–Crippen MR) is 116 cm³/mol. The number of benzene rings is 1. The standard InChI is InChI=1S/C19H26N6.HI/c1-14(2)18-17(13-25(5)23-18)12-24(4)19(21-3)22-11-16-8-6-15(10-20)7-9-16;/h6-9,13-14H,11-12H2,1-5H3,(H,21,22);1H. The third-order valence-electron chi connectivity index (χ3n) is 4.00. The summed E-state index contributed by atoms with van der Waals surface area (Å²) in [4.78, 5) is 6.46. The van der Waals surface area contributed by atoms with Crippen LogP contribution < -0.4 is 5.32 Å². The first kappa shape index (κ1) is 22.0. The molecule has 0 saturated heterocycles. The summed E-state index contributed by atoms with van der Waals surface area (Å²) in [7, 11) is 5.75. The number of aryl methyl sites for hydroxylation is 1. The van der Waals surface area contributed by atoms with Gasteiger partial charge in [0.05, 0.1) is 17.3 Å². The van der Waals surface area contributed by atoms with Gasteiger partial charge in [-0.25, -0.2) is 0 Å². The summed E-state index contributed by atoms with van der Waals surface area (Å²) in [5.41, 5.74) is 4.11. The monoisotopic (exact) mass is 466 g/mol. The molecule has 0 amide bonds. The minimum Gasteiger partial charge on any atom is -0.352 e. The maximum Gasteiger partial charge on any atom is 0.193 e.